The minimum absolute atomic E-state index is 0.132. The van der Waals surface area contributed by atoms with Crippen molar-refractivity contribution in [3.63, 3.8) is 0 Å². The highest BCUT2D eigenvalue weighted by atomic mass is 16.2. The van der Waals surface area contributed by atoms with Gasteiger partial charge in [0.25, 0.3) is 0 Å². The quantitative estimate of drug-likeness (QED) is 0.602. The van der Waals surface area contributed by atoms with Crippen LogP contribution in [0, 0.1) is 11.3 Å². The number of benzene rings is 3. The van der Waals surface area contributed by atoms with Gasteiger partial charge < -0.3 is 0 Å². The first kappa shape index (κ1) is 20.3. The molecule has 2 aliphatic rings. The van der Waals surface area contributed by atoms with Crippen LogP contribution < -0.4 is 0 Å². The number of Topliss-reactive ketones (excluding diaryl/α,β-unsaturated/α-hetero) is 2. The minimum atomic E-state index is -1.30. The van der Waals surface area contributed by atoms with E-state index in [2.05, 4.69) is 15.9 Å². The summed E-state index contributed by atoms with van der Waals surface area (Å²) in [5, 5.41) is 9.39. The molecule has 3 aromatic carbocycles. The summed E-state index contributed by atoms with van der Waals surface area (Å²) in [5.41, 5.74) is 2.13. The summed E-state index contributed by atoms with van der Waals surface area (Å²) < 4.78 is 0. The fourth-order valence-corrected chi connectivity index (χ4v) is 5.03. The molecular formula is C27H23N3O2. The van der Waals surface area contributed by atoms with E-state index in [1.165, 1.54) is 0 Å². The molecule has 0 N–H and O–H groups in total. The number of carbonyl (C=O) groups is 2. The summed E-state index contributed by atoms with van der Waals surface area (Å²) in [7, 11) is 0. The third-order valence-electron chi connectivity index (χ3n) is 6.64. The molecular weight excluding hydrogens is 398 g/mol. The zero-order chi connectivity index (χ0) is 22.1. The molecule has 0 amide bonds. The molecule has 3 aromatic rings. The molecule has 32 heavy (non-hydrogen) atoms. The van der Waals surface area contributed by atoms with Crippen LogP contribution in [-0.4, -0.2) is 47.5 Å². The lowest BCUT2D eigenvalue weighted by atomic mass is 9.82. The zero-order valence-corrected chi connectivity index (χ0v) is 17.7. The number of fused-ring (bicyclic) bond motifs is 1. The van der Waals surface area contributed by atoms with Crippen molar-refractivity contribution in [2.24, 2.45) is 0 Å². The van der Waals surface area contributed by atoms with E-state index in [9.17, 15) is 14.9 Å². The first-order valence-corrected chi connectivity index (χ1v) is 10.9. The Hall–Kier alpha value is -3.59. The summed E-state index contributed by atoms with van der Waals surface area (Å²) in [5.74, 6) is -0.264. The summed E-state index contributed by atoms with van der Waals surface area (Å²) >= 11 is 0. The van der Waals surface area contributed by atoms with Crippen molar-refractivity contribution < 1.29 is 9.59 Å². The number of nitrogens with zero attached hydrogens (tertiary/aromatic N) is 3. The number of piperazine rings is 1. The van der Waals surface area contributed by atoms with Gasteiger partial charge in [-0.25, -0.2) is 0 Å². The molecule has 5 nitrogen and oxygen atoms in total. The smallest absolute Gasteiger partial charge is 0.196 e. The predicted octanol–water partition coefficient (Wildman–Crippen LogP) is 3.65. The average Bonchev–Trinajstić information content (AvgIpc) is 3.08. The highest BCUT2D eigenvalue weighted by Gasteiger charge is 2.58. The molecule has 0 bridgehead atoms. The summed E-state index contributed by atoms with van der Waals surface area (Å²) in [6.07, 6.45) is 0. The molecule has 1 aliphatic heterocycles. The number of carbonyl (C=O) groups excluding carboxylic acids is 2. The van der Waals surface area contributed by atoms with Crippen molar-refractivity contribution >= 4 is 11.6 Å². The van der Waals surface area contributed by atoms with Gasteiger partial charge in [0.05, 0.1) is 11.6 Å². The monoisotopic (exact) mass is 421 g/mol. The molecule has 0 saturated carbocycles. The molecule has 0 radical (unpaired) electrons. The maximum atomic E-state index is 13.8. The van der Waals surface area contributed by atoms with Gasteiger partial charge in [0.1, 0.15) is 0 Å². The van der Waals surface area contributed by atoms with Gasteiger partial charge in [-0.1, -0.05) is 72.8 Å². The van der Waals surface area contributed by atoms with Gasteiger partial charge in [0.2, 0.25) is 0 Å². The second-order valence-electron chi connectivity index (χ2n) is 8.31. The van der Waals surface area contributed by atoms with E-state index in [4.69, 9.17) is 0 Å². The zero-order valence-electron chi connectivity index (χ0n) is 17.7. The summed E-state index contributed by atoms with van der Waals surface area (Å²) in [4.78, 5) is 31.9. The normalized spacial score (nSPS) is 18.3. The van der Waals surface area contributed by atoms with E-state index in [1.807, 2.05) is 66.7 Å². The van der Waals surface area contributed by atoms with Crippen molar-refractivity contribution in [2.75, 3.05) is 26.2 Å². The third kappa shape index (κ3) is 3.08. The van der Waals surface area contributed by atoms with E-state index in [1.54, 1.807) is 12.1 Å². The van der Waals surface area contributed by atoms with Crippen LogP contribution in [0.1, 0.15) is 37.4 Å². The standard InChI is InChI=1S/C27H23N3O2/c28-18-20-8-4-5-9-21(20)19-29-14-16-30(17-15-29)27(22-10-2-1-3-11-22)25(31)23-12-6-7-13-24(23)26(27)32/h1-13H,14-17,19H2. The molecule has 1 heterocycles. The minimum Gasteiger partial charge on any atom is -0.296 e. The van der Waals surface area contributed by atoms with Gasteiger partial charge in [-0.2, -0.15) is 5.26 Å². The molecule has 1 fully saturated rings. The highest BCUT2D eigenvalue weighted by Crippen LogP contribution is 2.42. The fourth-order valence-electron chi connectivity index (χ4n) is 5.03. The van der Waals surface area contributed by atoms with Gasteiger partial charge in [-0.15, -0.1) is 0 Å². The third-order valence-corrected chi connectivity index (χ3v) is 6.64. The number of ketones is 2. The van der Waals surface area contributed by atoms with Crippen LogP contribution in [0.5, 0.6) is 0 Å². The molecule has 5 heteroatoms. The maximum Gasteiger partial charge on any atom is 0.196 e. The Kier molecular flexibility index (Phi) is 5.18. The van der Waals surface area contributed by atoms with Crippen molar-refractivity contribution in [3.8, 4) is 6.07 Å². The second kappa shape index (κ2) is 8.16. The van der Waals surface area contributed by atoms with Crippen LogP contribution in [0.3, 0.4) is 0 Å². The largest absolute Gasteiger partial charge is 0.296 e. The first-order chi connectivity index (χ1) is 15.7. The van der Waals surface area contributed by atoms with Crippen molar-refractivity contribution in [1.29, 1.82) is 5.26 Å². The van der Waals surface area contributed by atoms with E-state index >= 15 is 0 Å². The topological polar surface area (TPSA) is 64.4 Å². The number of rotatable bonds is 4. The van der Waals surface area contributed by atoms with Crippen LogP contribution in [0.2, 0.25) is 0 Å². The molecule has 0 atom stereocenters. The van der Waals surface area contributed by atoms with Crippen LogP contribution >= 0.6 is 0 Å². The van der Waals surface area contributed by atoms with Gasteiger partial charge in [-0.05, 0) is 17.2 Å². The Balaban J connectivity index is 1.45. The SMILES string of the molecule is N#Cc1ccccc1CN1CCN(C2(c3ccccc3)C(=O)c3ccccc3C2=O)CC1. The lowest BCUT2D eigenvalue weighted by Gasteiger charge is -2.44. The lowest BCUT2D eigenvalue weighted by Crippen LogP contribution is -2.60. The van der Waals surface area contributed by atoms with Crippen molar-refractivity contribution in [3.05, 3.63) is 107 Å². The van der Waals surface area contributed by atoms with E-state index in [0.29, 0.717) is 49.4 Å². The van der Waals surface area contributed by atoms with E-state index in [-0.39, 0.29) is 11.6 Å². The molecule has 158 valence electrons. The maximum absolute atomic E-state index is 13.8. The summed E-state index contributed by atoms with van der Waals surface area (Å²) in [6, 6.07) is 26.5. The van der Waals surface area contributed by atoms with E-state index < -0.39 is 5.54 Å². The molecule has 0 spiro atoms. The molecule has 0 aromatic heterocycles. The molecule has 1 aliphatic carbocycles. The first-order valence-electron chi connectivity index (χ1n) is 10.9. The van der Waals surface area contributed by atoms with Crippen molar-refractivity contribution in [2.45, 2.75) is 12.1 Å². The van der Waals surface area contributed by atoms with Crippen LogP contribution in [0.25, 0.3) is 0 Å². The highest BCUT2D eigenvalue weighted by molar-refractivity contribution is 6.32. The van der Waals surface area contributed by atoms with Crippen LogP contribution in [-0.2, 0) is 12.1 Å². The fraction of sp³-hybridized carbons (Fsp3) is 0.222. The average molecular weight is 422 g/mol. The molecule has 0 unspecified atom stereocenters. The predicted molar refractivity (Wildman–Crippen MR) is 121 cm³/mol. The van der Waals surface area contributed by atoms with E-state index in [0.717, 1.165) is 11.1 Å². The summed E-state index contributed by atoms with van der Waals surface area (Å²) in [6.45, 7) is 3.29. The van der Waals surface area contributed by atoms with Gasteiger partial charge in [0, 0.05) is 43.9 Å². The number of hydrogen-bond acceptors (Lipinski definition) is 5. The van der Waals surface area contributed by atoms with Crippen LogP contribution in [0.4, 0.5) is 0 Å². The van der Waals surface area contributed by atoms with Gasteiger partial charge >= 0.3 is 0 Å². The van der Waals surface area contributed by atoms with Gasteiger partial charge in [0.15, 0.2) is 17.1 Å². The number of hydrogen-bond donors (Lipinski definition) is 0. The Labute approximate surface area is 187 Å². The Bertz CT molecular complexity index is 1190. The Morgan fingerprint density at radius 3 is 1.94 bits per heavy atom. The second-order valence-corrected chi connectivity index (χ2v) is 8.31. The Morgan fingerprint density at radius 2 is 1.31 bits per heavy atom. The molecule has 5 rings (SSSR count). The van der Waals surface area contributed by atoms with Crippen LogP contribution in [0.15, 0.2) is 78.9 Å². The molecule has 1 saturated heterocycles. The number of nitriles is 1. The van der Waals surface area contributed by atoms with Gasteiger partial charge in [-0.3, -0.25) is 19.4 Å². The van der Waals surface area contributed by atoms with Crippen molar-refractivity contribution in [1.82, 2.24) is 9.80 Å². The lowest BCUT2D eigenvalue weighted by molar-refractivity contribution is 0.0279. The Morgan fingerprint density at radius 1 is 0.750 bits per heavy atom.